The van der Waals surface area contributed by atoms with Gasteiger partial charge in [-0.1, -0.05) is 18.0 Å². The third-order valence-corrected chi connectivity index (χ3v) is 5.49. The second-order valence-electron chi connectivity index (χ2n) is 4.74. The number of sulfonamides is 1. The van der Waals surface area contributed by atoms with E-state index in [0.717, 1.165) is 12.8 Å². The van der Waals surface area contributed by atoms with Crippen molar-refractivity contribution in [1.29, 1.82) is 0 Å². The van der Waals surface area contributed by atoms with Crippen LogP contribution in [0.4, 0.5) is 0 Å². The molecule has 2 rings (SSSR count). The van der Waals surface area contributed by atoms with Crippen LogP contribution >= 0.6 is 11.6 Å². The predicted octanol–water partition coefficient (Wildman–Crippen LogP) is 1.66. The van der Waals surface area contributed by atoms with Gasteiger partial charge in [0.2, 0.25) is 10.0 Å². The number of nitrogens with zero attached hydrogens (tertiary/aromatic N) is 2. The Hall–Kier alpha value is -0.690. The van der Waals surface area contributed by atoms with Crippen LogP contribution in [0.3, 0.4) is 0 Å². The van der Waals surface area contributed by atoms with Crippen molar-refractivity contribution in [1.82, 2.24) is 9.29 Å². The molecular weight excluding hydrogens is 288 g/mol. The van der Waals surface area contributed by atoms with Gasteiger partial charge in [-0.2, -0.15) is 4.31 Å². The molecule has 1 saturated heterocycles. The largest absolute Gasteiger partial charge is 0.392 e. The Morgan fingerprint density at radius 1 is 1.47 bits per heavy atom. The summed E-state index contributed by atoms with van der Waals surface area (Å²) >= 11 is 5.67. The van der Waals surface area contributed by atoms with Gasteiger partial charge < -0.3 is 5.11 Å². The fourth-order valence-electron chi connectivity index (χ4n) is 2.36. The van der Waals surface area contributed by atoms with Crippen molar-refractivity contribution in [2.45, 2.75) is 43.2 Å². The van der Waals surface area contributed by atoms with Crippen molar-refractivity contribution in [3.8, 4) is 0 Å². The smallest absolute Gasteiger partial charge is 0.244 e. The molecule has 0 spiro atoms. The number of hydrogen-bond acceptors (Lipinski definition) is 4. The summed E-state index contributed by atoms with van der Waals surface area (Å²) < 4.78 is 26.5. The summed E-state index contributed by atoms with van der Waals surface area (Å²) in [6, 6.07) is 2.53. The second-order valence-corrected chi connectivity index (χ2v) is 7.01. The lowest BCUT2D eigenvalue weighted by atomic mass is 10.0. The minimum atomic E-state index is -3.62. The number of rotatable bonds is 3. The molecule has 0 amide bonds. The predicted molar refractivity (Wildman–Crippen MR) is 72.5 cm³/mol. The molecule has 106 valence electrons. The van der Waals surface area contributed by atoms with E-state index in [4.69, 9.17) is 11.6 Å². The molecule has 0 radical (unpaired) electrons. The van der Waals surface area contributed by atoms with E-state index in [2.05, 4.69) is 4.98 Å². The molecule has 1 aliphatic rings. The van der Waals surface area contributed by atoms with Crippen molar-refractivity contribution in [3.05, 3.63) is 23.5 Å². The third-order valence-electron chi connectivity index (χ3n) is 3.36. The molecule has 0 aromatic carbocycles. The molecule has 5 nitrogen and oxygen atoms in total. The number of halogens is 1. The van der Waals surface area contributed by atoms with Crippen LogP contribution in [0.5, 0.6) is 0 Å². The van der Waals surface area contributed by atoms with Crippen molar-refractivity contribution in [3.63, 3.8) is 0 Å². The van der Waals surface area contributed by atoms with E-state index in [1.54, 1.807) is 6.92 Å². The molecule has 7 heteroatoms. The SMILES string of the molecule is CC(O)C1CCCCN1S(=O)(=O)c1ccc(Cl)nc1. The van der Waals surface area contributed by atoms with E-state index in [-0.39, 0.29) is 16.1 Å². The summed E-state index contributed by atoms with van der Waals surface area (Å²) in [6.45, 7) is 2.05. The molecule has 1 fully saturated rings. The van der Waals surface area contributed by atoms with E-state index in [9.17, 15) is 13.5 Å². The van der Waals surface area contributed by atoms with Crippen molar-refractivity contribution in [2.24, 2.45) is 0 Å². The molecule has 1 N–H and O–H groups in total. The van der Waals surface area contributed by atoms with Gasteiger partial charge in [0.1, 0.15) is 10.0 Å². The molecule has 0 bridgehead atoms. The van der Waals surface area contributed by atoms with Crippen LogP contribution in [0.1, 0.15) is 26.2 Å². The third kappa shape index (κ3) is 3.08. The summed E-state index contributed by atoms with van der Waals surface area (Å²) in [5, 5.41) is 10.0. The van der Waals surface area contributed by atoms with E-state index in [1.165, 1.54) is 22.6 Å². The van der Waals surface area contributed by atoms with Gasteiger partial charge in [-0.05, 0) is 31.9 Å². The second kappa shape index (κ2) is 5.75. The van der Waals surface area contributed by atoms with Gasteiger partial charge in [-0.15, -0.1) is 0 Å². The molecule has 19 heavy (non-hydrogen) atoms. The van der Waals surface area contributed by atoms with E-state index < -0.39 is 16.1 Å². The van der Waals surface area contributed by atoms with Crippen LogP contribution in [0.15, 0.2) is 23.2 Å². The van der Waals surface area contributed by atoms with Crippen molar-refractivity contribution < 1.29 is 13.5 Å². The number of aliphatic hydroxyl groups is 1. The highest BCUT2D eigenvalue weighted by Gasteiger charge is 2.35. The summed E-state index contributed by atoms with van der Waals surface area (Å²) in [6.07, 6.45) is 2.99. The van der Waals surface area contributed by atoms with Gasteiger partial charge in [0, 0.05) is 12.7 Å². The molecular formula is C12H17ClN2O3S. The fourth-order valence-corrected chi connectivity index (χ4v) is 4.18. The molecule has 0 aliphatic carbocycles. The summed E-state index contributed by atoms with van der Waals surface area (Å²) in [4.78, 5) is 3.92. The molecule has 1 aromatic heterocycles. The molecule has 2 heterocycles. The minimum Gasteiger partial charge on any atom is -0.392 e. The lowest BCUT2D eigenvalue weighted by Gasteiger charge is -2.36. The number of aliphatic hydroxyl groups excluding tert-OH is 1. The van der Waals surface area contributed by atoms with Crippen LogP contribution in [-0.2, 0) is 10.0 Å². The Balaban J connectivity index is 2.34. The Labute approximate surface area is 118 Å². The molecule has 2 unspecified atom stereocenters. The Morgan fingerprint density at radius 2 is 2.21 bits per heavy atom. The Kier molecular flexibility index (Phi) is 4.45. The van der Waals surface area contributed by atoms with E-state index >= 15 is 0 Å². The number of piperidine rings is 1. The maximum absolute atomic E-state index is 12.5. The zero-order valence-electron chi connectivity index (χ0n) is 10.7. The van der Waals surface area contributed by atoms with Crippen LogP contribution in [-0.4, -0.2) is 41.5 Å². The monoisotopic (exact) mass is 304 g/mol. The average molecular weight is 305 g/mol. The highest BCUT2D eigenvalue weighted by atomic mass is 35.5. The summed E-state index contributed by atoms with van der Waals surface area (Å²) in [5.41, 5.74) is 0. The van der Waals surface area contributed by atoms with Gasteiger partial charge >= 0.3 is 0 Å². The Bertz CT molecular complexity index is 530. The quantitative estimate of drug-likeness (QED) is 0.862. The van der Waals surface area contributed by atoms with E-state index in [1.807, 2.05) is 0 Å². The first-order valence-electron chi connectivity index (χ1n) is 6.24. The molecule has 1 aromatic rings. The highest BCUT2D eigenvalue weighted by Crippen LogP contribution is 2.27. The van der Waals surface area contributed by atoms with Crippen molar-refractivity contribution in [2.75, 3.05) is 6.54 Å². The minimum absolute atomic E-state index is 0.115. The first-order chi connectivity index (χ1) is 8.93. The van der Waals surface area contributed by atoms with Crippen LogP contribution in [0, 0.1) is 0 Å². The van der Waals surface area contributed by atoms with Gasteiger partial charge in [-0.3, -0.25) is 0 Å². The van der Waals surface area contributed by atoms with Gasteiger partial charge in [0.05, 0.1) is 12.1 Å². The normalized spacial score (nSPS) is 23.2. The van der Waals surface area contributed by atoms with Crippen LogP contribution < -0.4 is 0 Å². The number of pyridine rings is 1. The topological polar surface area (TPSA) is 70.5 Å². The molecule has 2 atom stereocenters. The number of aromatic nitrogens is 1. The molecule has 0 saturated carbocycles. The van der Waals surface area contributed by atoms with Gasteiger partial charge in [0.25, 0.3) is 0 Å². The number of hydrogen-bond donors (Lipinski definition) is 1. The lowest BCUT2D eigenvalue weighted by Crippen LogP contribution is -2.48. The van der Waals surface area contributed by atoms with Crippen LogP contribution in [0.2, 0.25) is 5.15 Å². The Morgan fingerprint density at radius 3 is 2.79 bits per heavy atom. The maximum atomic E-state index is 12.5. The van der Waals surface area contributed by atoms with Crippen LogP contribution in [0.25, 0.3) is 0 Å². The maximum Gasteiger partial charge on any atom is 0.244 e. The van der Waals surface area contributed by atoms with Gasteiger partial charge in [0.15, 0.2) is 0 Å². The van der Waals surface area contributed by atoms with Crippen molar-refractivity contribution >= 4 is 21.6 Å². The first-order valence-corrected chi connectivity index (χ1v) is 8.06. The standard InChI is InChI=1S/C12H17ClN2O3S/c1-9(16)11-4-2-3-7-15(11)19(17,18)10-5-6-12(13)14-8-10/h5-6,8-9,11,16H,2-4,7H2,1H3. The fraction of sp³-hybridized carbons (Fsp3) is 0.583. The average Bonchev–Trinajstić information content (AvgIpc) is 2.39. The zero-order valence-corrected chi connectivity index (χ0v) is 12.2. The highest BCUT2D eigenvalue weighted by molar-refractivity contribution is 7.89. The van der Waals surface area contributed by atoms with Gasteiger partial charge in [-0.25, -0.2) is 13.4 Å². The lowest BCUT2D eigenvalue weighted by molar-refractivity contribution is 0.0831. The first kappa shape index (κ1) is 14.7. The zero-order chi connectivity index (χ0) is 14.0. The summed E-state index contributed by atoms with van der Waals surface area (Å²) in [5.74, 6) is 0. The van der Waals surface area contributed by atoms with E-state index in [0.29, 0.717) is 13.0 Å². The molecule has 1 aliphatic heterocycles. The summed E-state index contributed by atoms with van der Waals surface area (Å²) in [7, 11) is -3.62.